The molecule has 4 aliphatic carbocycles. The Hall–Kier alpha value is -0.0400. The summed E-state index contributed by atoms with van der Waals surface area (Å²) in [5.74, 6) is 5.58. The molecule has 132 valence electrons. The quantitative estimate of drug-likeness (QED) is 0.661. The number of aliphatic hydroxyl groups excluding tert-OH is 1. The summed E-state index contributed by atoms with van der Waals surface area (Å²) < 4.78 is 0. The molecule has 0 aromatic heterocycles. The highest BCUT2D eigenvalue weighted by Crippen LogP contribution is 2.68. The number of rotatable bonds is 1. The molecule has 4 aliphatic rings. The lowest BCUT2D eigenvalue weighted by molar-refractivity contribution is -0.128. The monoisotopic (exact) mass is 318 g/mol. The van der Waals surface area contributed by atoms with Crippen molar-refractivity contribution < 1.29 is 5.11 Å². The molecule has 4 fully saturated rings. The Bertz CT molecular complexity index is 457. The molecule has 0 heterocycles. The lowest BCUT2D eigenvalue weighted by Gasteiger charge is -2.61. The van der Waals surface area contributed by atoms with E-state index in [2.05, 4.69) is 27.7 Å². The molecular weight excluding hydrogens is 280 g/mol. The third kappa shape index (κ3) is 2.28. The first-order valence-corrected chi connectivity index (χ1v) is 10.5. The summed E-state index contributed by atoms with van der Waals surface area (Å²) in [4.78, 5) is 0. The van der Waals surface area contributed by atoms with Gasteiger partial charge in [-0.25, -0.2) is 0 Å². The topological polar surface area (TPSA) is 20.2 Å². The minimum Gasteiger partial charge on any atom is -0.393 e. The highest BCUT2D eigenvalue weighted by molar-refractivity contribution is 5.09. The Balaban J connectivity index is 1.60. The van der Waals surface area contributed by atoms with Gasteiger partial charge in [0.1, 0.15) is 0 Å². The predicted octanol–water partition coefficient (Wildman–Crippen LogP) is 5.66. The van der Waals surface area contributed by atoms with Crippen molar-refractivity contribution in [3.63, 3.8) is 0 Å². The van der Waals surface area contributed by atoms with Gasteiger partial charge in [0.05, 0.1) is 6.10 Å². The van der Waals surface area contributed by atoms with Crippen LogP contribution in [0.25, 0.3) is 0 Å². The Morgan fingerprint density at radius 3 is 2.26 bits per heavy atom. The summed E-state index contributed by atoms with van der Waals surface area (Å²) in [6.45, 7) is 10.2. The maximum absolute atomic E-state index is 10.1. The Kier molecular flexibility index (Phi) is 3.91. The fraction of sp³-hybridized carbons (Fsp3) is 1.00. The van der Waals surface area contributed by atoms with E-state index < -0.39 is 0 Å². The maximum Gasteiger partial charge on any atom is 0.0543 e. The number of aliphatic hydroxyl groups is 1. The molecule has 0 aliphatic heterocycles. The average Bonchev–Trinajstić information content (AvgIpc) is 2.85. The van der Waals surface area contributed by atoms with Crippen LogP contribution in [0, 0.1) is 46.3 Å². The zero-order valence-corrected chi connectivity index (χ0v) is 15.9. The minimum absolute atomic E-state index is 0.00437. The van der Waals surface area contributed by atoms with E-state index in [-0.39, 0.29) is 6.10 Å². The van der Waals surface area contributed by atoms with Crippen LogP contribution >= 0.6 is 0 Å². The molecule has 0 spiro atoms. The first kappa shape index (κ1) is 16.4. The Morgan fingerprint density at radius 2 is 1.52 bits per heavy atom. The maximum atomic E-state index is 10.1. The average molecular weight is 319 g/mol. The molecule has 23 heavy (non-hydrogen) atoms. The molecule has 8 atom stereocenters. The van der Waals surface area contributed by atoms with Gasteiger partial charge in [-0.3, -0.25) is 0 Å². The predicted molar refractivity (Wildman–Crippen MR) is 96.1 cm³/mol. The van der Waals surface area contributed by atoms with Crippen molar-refractivity contribution in [2.75, 3.05) is 0 Å². The number of hydrogen-bond acceptors (Lipinski definition) is 1. The second kappa shape index (κ2) is 5.48. The largest absolute Gasteiger partial charge is 0.393 e. The smallest absolute Gasteiger partial charge is 0.0543 e. The molecule has 4 rings (SSSR count). The van der Waals surface area contributed by atoms with Gasteiger partial charge in [0.2, 0.25) is 0 Å². The van der Waals surface area contributed by atoms with Gasteiger partial charge in [0.15, 0.2) is 0 Å². The van der Waals surface area contributed by atoms with Crippen molar-refractivity contribution in [1.29, 1.82) is 0 Å². The van der Waals surface area contributed by atoms with Crippen LogP contribution < -0.4 is 0 Å². The molecule has 0 radical (unpaired) electrons. The van der Waals surface area contributed by atoms with Crippen molar-refractivity contribution in [3.05, 3.63) is 0 Å². The molecule has 6 unspecified atom stereocenters. The first-order valence-electron chi connectivity index (χ1n) is 10.5. The fourth-order valence-electron chi connectivity index (χ4n) is 8.37. The van der Waals surface area contributed by atoms with E-state index in [1.807, 2.05) is 0 Å². The summed E-state index contributed by atoms with van der Waals surface area (Å²) >= 11 is 0. The molecule has 0 saturated heterocycles. The third-order valence-electron chi connectivity index (χ3n) is 9.52. The van der Waals surface area contributed by atoms with E-state index in [0.717, 1.165) is 48.3 Å². The second-order valence-corrected chi connectivity index (χ2v) is 10.6. The highest BCUT2D eigenvalue weighted by atomic mass is 16.3. The summed E-state index contributed by atoms with van der Waals surface area (Å²) in [6.07, 6.45) is 12.2. The number of hydrogen-bond donors (Lipinski definition) is 1. The minimum atomic E-state index is -0.00437. The summed E-state index contributed by atoms with van der Waals surface area (Å²) in [7, 11) is 0. The van der Waals surface area contributed by atoms with Crippen molar-refractivity contribution >= 4 is 0 Å². The van der Waals surface area contributed by atoms with Crippen molar-refractivity contribution in [2.24, 2.45) is 46.3 Å². The molecule has 0 bridgehead atoms. The van der Waals surface area contributed by atoms with Crippen LogP contribution in [0.15, 0.2) is 0 Å². The van der Waals surface area contributed by atoms with Gasteiger partial charge in [0, 0.05) is 0 Å². The van der Waals surface area contributed by atoms with E-state index in [4.69, 9.17) is 0 Å². The first-order chi connectivity index (χ1) is 10.9. The number of fused-ring (bicyclic) bond motifs is 5. The molecule has 1 heteroatoms. The van der Waals surface area contributed by atoms with Crippen LogP contribution in [-0.4, -0.2) is 11.2 Å². The van der Waals surface area contributed by atoms with Gasteiger partial charge in [-0.2, -0.15) is 0 Å². The molecule has 4 saturated carbocycles. The molecule has 0 amide bonds. The Labute approximate surface area is 143 Å². The normalized spacial score (nSPS) is 56.1. The lowest BCUT2D eigenvalue weighted by Crippen LogP contribution is -2.54. The van der Waals surface area contributed by atoms with Crippen molar-refractivity contribution in [3.8, 4) is 0 Å². The Morgan fingerprint density at radius 1 is 0.826 bits per heavy atom. The van der Waals surface area contributed by atoms with E-state index in [1.165, 1.54) is 44.9 Å². The van der Waals surface area contributed by atoms with Crippen LogP contribution in [-0.2, 0) is 0 Å². The van der Waals surface area contributed by atoms with Crippen LogP contribution in [0.5, 0.6) is 0 Å². The molecular formula is C22H38O. The second-order valence-electron chi connectivity index (χ2n) is 10.6. The summed E-state index contributed by atoms with van der Waals surface area (Å²) in [5, 5.41) is 10.1. The van der Waals surface area contributed by atoms with Crippen LogP contribution in [0.3, 0.4) is 0 Å². The van der Waals surface area contributed by atoms with E-state index in [1.54, 1.807) is 0 Å². The van der Waals surface area contributed by atoms with Gasteiger partial charge in [0.25, 0.3) is 0 Å². The SMILES string of the molecule is CC(C)[C@H]1CCC2C3CCC4CC(O)CC[C@]4(C)C3CCC21C. The fourth-order valence-corrected chi connectivity index (χ4v) is 8.37. The van der Waals surface area contributed by atoms with E-state index >= 15 is 0 Å². The van der Waals surface area contributed by atoms with Gasteiger partial charge < -0.3 is 5.11 Å². The van der Waals surface area contributed by atoms with Gasteiger partial charge in [-0.1, -0.05) is 27.7 Å². The third-order valence-corrected chi connectivity index (χ3v) is 9.52. The van der Waals surface area contributed by atoms with Crippen LogP contribution in [0.4, 0.5) is 0 Å². The van der Waals surface area contributed by atoms with Crippen molar-refractivity contribution in [1.82, 2.24) is 0 Å². The molecule has 0 aromatic carbocycles. The molecule has 0 aromatic rings. The van der Waals surface area contributed by atoms with Crippen molar-refractivity contribution in [2.45, 2.75) is 91.6 Å². The molecule has 1 nitrogen and oxygen atoms in total. The van der Waals surface area contributed by atoms with Crippen LogP contribution in [0.1, 0.15) is 85.5 Å². The molecule has 1 N–H and O–H groups in total. The summed E-state index contributed by atoms with van der Waals surface area (Å²) in [6, 6.07) is 0. The van der Waals surface area contributed by atoms with E-state index in [9.17, 15) is 5.11 Å². The van der Waals surface area contributed by atoms with Gasteiger partial charge in [-0.05, 0) is 104 Å². The highest BCUT2D eigenvalue weighted by Gasteiger charge is 2.60. The van der Waals surface area contributed by atoms with E-state index in [0.29, 0.717) is 10.8 Å². The summed E-state index contributed by atoms with van der Waals surface area (Å²) in [5.41, 5.74) is 1.17. The standard InChI is InChI=1S/C22H38O/c1-14(2)18-7-8-19-17-6-5-15-13-16(23)9-11-21(15,3)20(17)10-12-22(18,19)4/h14-20,23H,5-13H2,1-4H3/t15?,16?,17?,18-,19?,20?,21+,22?/m1/s1. The zero-order chi connectivity index (χ0) is 16.4. The van der Waals surface area contributed by atoms with Gasteiger partial charge in [-0.15, -0.1) is 0 Å². The lowest BCUT2D eigenvalue weighted by atomic mass is 9.44. The van der Waals surface area contributed by atoms with Crippen LogP contribution in [0.2, 0.25) is 0 Å². The van der Waals surface area contributed by atoms with Gasteiger partial charge >= 0.3 is 0 Å². The zero-order valence-electron chi connectivity index (χ0n) is 15.9.